The highest BCUT2D eigenvalue weighted by Crippen LogP contribution is 2.29. The van der Waals surface area contributed by atoms with E-state index in [4.69, 9.17) is 0 Å². The van der Waals surface area contributed by atoms with Crippen molar-refractivity contribution in [2.45, 2.75) is 47.5 Å². The quantitative estimate of drug-likeness (QED) is 0.750. The van der Waals surface area contributed by atoms with E-state index in [2.05, 4.69) is 58.1 Å². The van der Waals surface area contributed by atoms with Crippen LogP contribution < -0.4 is 5.32 Å². The van der Waals surface area contributed by atoms with Crippen molar-refractivity contribution >= 4 is 5.69 Å². The van der Waals surface area contributed by atoms with E-state index in [0.717, 1.165) is 18.4 Å². The minimum atomic E-state index is 0.737. The maximum atomic E-state index is 3.69. The molecule has 0 amide bonds. The summed E-state index contributed by atoms with van der Waals surface area (Å²) in [5.41, 5.74) is 6.99. The van der Waals surface area contributed by atoms with Gasteiger partial charge in [-0.1, -0.05) is 36.3 Å². The lowest BCUT2D eigenvalue weighted by Gasteiger charge is -2.26. The Morgan fingerprint density at radius 1 is 1.11 bits per heavy atom. The highest BCUT2D eigenvalue weighted by Gasteiger charge is 2.18. The summed E-state index contributed by atoms with van der Waals surface area (Å²) in [7, 11) is 0. The van der Waals surface area contributed by atoms with Crippen LogP contribution in [0.5, 0.6) is 0 Å². The molecule has 1 heteroatoms. The zero-order valence-corrected chi connectivity index (χ0v) is 13.0. The van der Waals surface area contributed by atoms with Gasteiger partial charge in [0.1, 0.15) is 0 Å². The third-order valence-corrected chi connectivity index (χ3v) is 4.13. The molecule has 0 radical (unpaired) electrons. The van der Waals surface area contributed by atoms with Gasteiger partial charge in [-0.15, -0.1) is 0 Å². The van der Waals surface area contributed by atoms with E-state index in [0.29, 0.717) is 0 Å². The smallest absolute Gasteiger partial charge is 0.0399 e. The lowest BCUT2D eigenvalue weighted by molar-refractivity contribution is 0.421. The fraction of sp³-hybridized carbons (Fsp3) is 0.556. The molecule has 0 heterocycles. The zero-order valence-electron chi connectivity index (χ0n) is 13.0. The average molecular weight is 257 g/mol. The summed E-state index contributed by atoms with van der Waals surface area (Å²) in [6.45, 7) is 12.3. The molecule has 0 saturated heterocycles. The Bertz CT molecular complexity index is 461. The van der Waals surface area contributed by atoms with E-state index < -0.39 is 0 Å². The number of rotatable bonds is 3. The van der Waals surface area contributed by atoms with Crippen molar-refractivity contribution < 1.29 is 0 Å². The average Bonchev–Trinajstić information content (AvgIpc) is 2.25. The van der Waals surface area contributed by atoms with Crippen molar-refractivity contribution in [2.75, 3.05) is 11.9 Å². The van der Waals surface area contributed by atoms with Crippen molar-refractivity contribution in [1.82, 2.24) is 0 Å². The predicted octanol–water partition coefficient (Wildman–Crippen LogP) is 5.02. The molecule has 0 aliphatic heterocycles. The van der Waals surface area contributed by atoms with Gasteiger partial charge in [0.25, 0.3) is 0 Å². The van der Waals surface area contributed by atoms with Crippen molar-refractivity contribution in [3.05, 3.63) is 40.5 Å². The number of nitrogens with one attached hydrogen (secondary N) is 1. The van der Waals surface area contributed by atoms with Crippen LogP contribution in [0.25, 0.3) is 0 Å². The van der Waals surface area contributed by atoms with Crippen LogP contribution in [0, 0.1) is 32.6 Å². The van der Waals surface area contributed by atoms with Gasteiger partial charge in [-0.25, -0.2) is 0 Å². The van der Waals surface area contributed by atoms with Crippen LogP contribution in [0.3, 0.4) is 0 Å². The molecular weight excluding hydrogens is 230 g/mol. The van der Waals surface area contributed by atoms with Crippen LogP contribution in [0.4, 0.5) is 5.69 Å². The van der Waals surface area contributed by atoms with Gasteiger partial charge in [-0.05, 0) is 63.5 Å². The Kier molecular flexibility index (Phi) is 4.34. The van der Waals surface area contributed by atoms with E-state index >= 15 is 0 Å². The van der Waals surface area contributed by atoms with Gasteiger partial charge in [0.15, 0.2) is 0 Å². The summed E-state index contributed by atoms with van der Waals surface area (Å²) in [6, 6.07) is 4.54. The summed E-state index contributed by atoms with van der Waals surface area (Å²) in [4.78, 5) is 0. The maximum Gasteiger partial charge on any atom is 0.0399 e. The molecule has 2 unspecified atom stereocenters. The molecule has 0 fully saturated rings. The number of hydrogen-bond acceptors (Lipinski definition) is 1. The molecule has 1 aromatic rings. The maximum absolute atomic E-state index is 3.69. The van der Waals surface area contributed by atoms with Gasteiger partial charge >= 0.3 is 0 Å². The van der Waals surface area contributed by atoms with Gasteiger partial charge < -0.3 is 5.32 Å². The standard InChI is InChI=1S/C18H27N/c1-12-6-13(2)10-17(9-12)11-19-18-15(4)7-14(3)8-16(18)5/h6-8,12,17,19H,9-11H2,1-5H3. The fourth-order valence-corrected chi connectivity index (χ4v) is 3.55. The first-order valence-corrected chi connectivity index (χ1v) is 7.44. The first-order chi connectivity index (χ1) is 8.95. The minimum Gasteiger partial charge on any atom is -0.384 e. The normalized spacial score (nSPS) is 23.1. The van der Waals surface area contributed by atoms with Gasteiger partial charge in [0.2, 0.25) is 0 Å². The third kappa shape index (κ3) is 3.62. The molecule has 1 aliphatic rings. The molecule has 1 aliphatic carbocycles. The Labute approximate surface area is 118 Å². The van der Waals surface area contributed by atoms with Crippen LogP contribution in [-0.4, -0.2) is 6.54 Å². The summed E-state index contributed by atoms with van der Waals surface area (Å²) < 4.78 is 0. The third-order valence-electron chi connectivity index (χ3n) is 4.13. The van der Waals surface area contributed by atoms with Crippen LogP contribution >= 0.6 is 0 Å². The second-order valence-electron chi connectivity index (χ2n) is 6.45. The van der Waals surface area contributed by atoms with Crippen molar-refractivity contribution in [2.24, 2.45) is 11.8 Å². The summed E-state index contributed by atoms with van der Waals surface area (Å²) in [6.07, 6.45) is 4.99. The van der Waals surface area contributed by atoms with Crippen molar-refractivity contribution in [1.29, 1.82) is 0 Å². The molecule has 2 atom stereocenters. The van der Waals surface area contributed by atoms with Crippen molar-refractivity contribution in [3.8, 4) is 0 Å². The van der Waals surface area contributed by atoms with Gasteiger partial charge in [0.05, 0.1) is 0 Å². The molecule has 1 aromatic carbocycles. The largest absolute Gasteiger partial charge is 0.384 e. The first-order valence-electron chi connectivity index (χ1n) is 7.44. The first kappa shape index (κ1) is 14.2. The van der Waals surface area contributed by atoms with E-state index in [1.807, 2.05) is 0 Å². The Morgan fingerprint density at radius 2 is 1.74 bits per heavy atom. The Hall–Kier alpha value is -1.24. The molecule has 19 heavy (non-hydrogen) atoms. The fourth-order valence-electron chi connectivity index (χ4n) is 3.55. The van der Waals surface area contributed by atoms with E-state index in [1.165, 1.54) is 35.2 Å². The number of benzene rings is 1. The van der Waals surface area contributed by atoms with E-state index in [1.54, 1.807) is 5.57 Å². The van der Waals surface area contributed by atoms with Crippen LogP contribution in [-0.2, 0) is 0 Å². The molecular formula is C18H27N. The molecule has 0 bridgehead atoms. The monoisotopic (exact) mass is 257 g/mol. The Morgan fingerprint density at radius 3 is 2.32 bits per heavy atom. The van der Waals surface area contributed by atoms with Crippen LogP contribution in [0.1, 0.15) is 43.4 Å². The topological polar surface area (TPSA) is 12.0 Å². The number of hydrogen-bond donors (Lipinski definition) is 1. The summed E-state index contributed by atoms with van der Waals surface area (Å²) >= 11 is 0. The minimum absolute atomic E-state index is 0.737. The molecule has 0 aromatic heterocycles. The van der Waals surface area contributed by atoms with Crippen LogP contribution in [0.15, 0.2) is 23.8 Å². The lowest BCUT2D eigenvalue weighted by atomic mass is 9.83. The molecule has 104 valence electrons. The zero-order chi connectivity index (χ0) is 14.0. The van der Waals surface area contributed by atoms with Crippen LogP contribution in [0.2, 0.25) is 0 Å². The molecule has 1 N–H and O–H groups in total. The number of aryl methyl sites for hydroxylation is 3. The second kappa shape index (κ2) is 5.81. The summed E-state index contributed by atoms with van der Waals surface area (Å²) in [5.74, 6) is 1.51. The highest BCUT2D eigenvalue weighted by molar-refractivity contribution is 5.58. The predicted molar refractivity (Wildman–Crippen MR) is 84.8 cm³/mol. The SMILES string of the molecule is CC1=CC(C)CC(CNc2c(C)cc(C)cc2C)C1. The molecule has 1 nitrogen and oxygen atoms in total. The molecule has 0 saturated carbocycles. The Balaban J connectivity index is 2.02. The van der Waals surface area contributed by atoms with E-state index in [9.17, 15) is 0 Å². The number of anilines is 1. The van der Waals surface area contributed by atoms with Gasteiger partial charge in [-0.3, -0.25) is 0 Å². The summed E-state index contributed by atoms with van der Waals surface area (Å²) in [5, 5.41) is 3.69. The molecule has 0 spiro atoms. The van der Waals surface area contributed by atoms with Gasteiger partial charge in [0, 0.05) is 12.2 Å². The second-order valence-corrected chi connectivity index (χ2v) is 6.45. The van der Waals surface area contributed by atoms with Gasteiger partial charge in [-0.2, -0.15) is 0 Å². The highest BCUT2D eigenvalue weighted by atomic mass is 14.9. The lowest BCUT2D eigenvalue weighted by Crippen LogP contribution is -2.20. The number of allylic oxidation sites excluding steroid dienone is 2. The molecule has 2 rings (SSSR count). The van der Waals surface area contributed by atoms with E-state index in [-0.39, 0.29) is 0 Å². The van der Waals surface area contributed by atoms with Crippen molar-refractivity contribution in [3.63, 3.8) is 0 Å².